The van der Waals surface area contributed by atoms with Gasteiger partial charge in [0.25, 0.3) is 0 Å². The molecule has 0 atom stereocenters. The number of rotatable bonds is 9. The predicted octanol–water partition coefficient (Wildman–Crippen LogP) is 3.77. The number of carbonyl (C=O) groups is 1. The molecule has 1 amide bonds. The summed E-state index contributed by atoms with van der Waals surface area (Å²) < 4.78 is 2.36. The molecule has 158 valence electrons. The van der Waals surface area contributed by atoms with Crippen molar-refractivity contribution in [2.24, 2.45) is 0 Å². The SMILES string of the molecule is O=C(CSCc1nc2cccnc2n1C1CCCCC1)NCCCN1CCCC1. The minimum absolute atomic E-state index is 0.134. The molecule has 1 aliphatic carbocycles. The van der Waals surface area contributed by atoms with Gasteiger partial charge < -0.3 is 14.8 Å². The summed E-state index contributed by atoms with van der Waals surface area (Å²) in [4.78, 5) is 24.2. The molecule has 2 fully saturated rings. The lowest BCUT2D eigenvalue weighted by Gasteiger charge is -2.25. The van der Waals surface area contributed by atoms with Gasteiger partial charge in [0.2, 0.25) is 5.91 Å². The number of thioether (sulfide) groups is 1. The fourth-order valence-electron chi connectivity index (χ4n) is 4.62. The number of aromatic nitrogens is 3. The maximum absolute atomic E-state index is 12.2. The standard InChI is InChI=1S/C22H33N5OS/c28-21(23-12-7-15-26-13-4-5-14-26)17-29-16-20-25-19-10-6-11-24-22(19)27(20)18-8-2-1-3-9-18/h6,10-11,18H,1-5,7-9,12-17H2,(H,23,28). The lowest BCUT2D eigenvalue weighted by molar-refractivity contribution is -0.118. The van der Waals surface area contributed by atoms with E-state index in [1.165, 1.54) is 58.0 Å². The number of amides is 1. The number of imidazole rings is 1. The highest BCUT2D eigenvalue weighted by atomic mass is 32.2. The van der Waals surface area contributed by atoms with Gasteiger partial charge in [0.1, 0.15) is 11.3 Å². The van der Waals surface area contributed by atoms with E-state index in [-0.39, 0.29) is 5.91 Å². The normalized spacial score (nSPS) is 18.5. The molecule has 1 aliphatic heterocycles. The number of hydrogen-bond acceptors (Lipinski definition) is 5. The molecule has 0 radical (unpaired) electrons. The zero-order valence-corrected chi connectivity index (χ0v) is 18.1. The van der Waals surface area contributed by atoms with Crippen molar-refractivity contribution in [3.8, 4) is 0 Å². The van der Waals surface area contributed by atoms with Crippen LogP contribution in [-0.4, -0.2) is 57.3 Å². The van der Waals surface area contributed by atoms with Crippen LogP contribution in [-0.2, 0) is 10.5 Å². The van der Waals surface area contributed by atoms with Gasteiger partial charge in [-0.25, -0.2) is 9.97 Å². The summed E-state index contributed by atoms with van der Waals surface area (Å²) in [5.41, 5.74) is 1.97. The molecule has 1 saturated heterocycles. The van der Waals surface area contributed by atoms with Crippen LogP contribution in [0.4, 0.5) is 0 Å². The molecule has 2 aromatic rings. The first-order chi connectivity index (χ1) is 14.3. The quantitative estimate of drug-likeness (QED) is 0.632. The van der Waals surface area contributed by atoms with Crippen LogP contribution in [0, 0.1) is 0 Å². The van der Waals surface area contributed by atoms with Crippen LogP contribution in [0.15, 0.2) is 18.3 Å². The minimum atomic E-state index is 0.134. The predicted molar refractivity (Wildman–Crippen MR) is 119 cm³/mol. The largest absolute Gasteiger partial charge is 0.355 e. The molecular weight excluding hydrogens is 382 g/mol. The van der Waals surface area contributed by atoms with E-state index in [1.807, 2.05) is 18.3 Å². The van der Waals surface area contributed by atoms with Crippen LogP contribution in [0.25, 0.3) is 11.2 Å². The molecule has 2 aliphatic rings. The second-order valence-corrected chi connectivity index (χ2v) is 9.27. The van der Waals surface area contributed by atoms with Gasteiger partial charge in [-0.1, -0.05) is 19.3 Å². The second kappa shape index (κ2) is 10.4. The molecule has 0 aromatic carbocycles. The molecule has 29 heavy (non-hydrogen) atoms. The number of nitrogens with one attached hydrogen (secondary N) is 1. The zero-order chi connectivity index (χ0) is 19.9. The van der Waals surface area contributed by atoms with Crippen molar-refractivity contribution in [2.75, 3.05) is 31.9 Å². The number of nitrogens with zero attached hydrogens (tertiary/aromatic N) is 4. The van der Waals surface area contributed by atoms with Gasteiger partial charge in [-0.05, 0) is 63.9 Å². The van der Waals surface area contributed by atoms with E-state index in [2.05, 4.69) is 19.8 Å². The third kappa shape index (κ3) is 5.51. The Morgan fingerprint density at radius 1 is 1.17 bits per heavy atom. The van der Waals surface area contributed by atoms with E-state index < -0.39 is 0 Å². The summed E-state index contributed by atoms with van der Waals surface area (Å²) in [5.74, 6) is 2.45. The van der Waals surface area contributed by atoms with Gasteiger partial charge >= 0.3 is 0 Å². The van der Waals surface area contributed by atoms with E-state index in [9.17, 15) is 4.79 Å². The summed E-state index contributed by atoms with van der Waals surface area (Å²) in [6.45, 7) is 4.33. The topological polar surface area (TPSA) is 63.1 Å². The molecule has 1 N–H and O–H groups in total. The third-order valence-electron chi connectivity index (χ3n) is 6.10. The molecule has 4 rings (SSSR count). The number of hydrogen-bond donors (Lipinski definition) is 1. The molecule has 3 heterocycles. The third-order valence-corrected chi connectivity index (χ3v) is 7.03. The van der Waals surface area contributed by atoms with E-state index in [0.717, 1.165) is 42.3 Å². The van der Waals surface area contributed by atoms with Crippen LogP contribution >= 0.6 is 11.8 Å². The first kappa shape index (κ1) is 20.7. The molecule has 0 unspecified atom stereocenters. The molecule has 7 heteroatoms. The highest BCUT2D eigenvalue weighted by Gasteiger charge is 2.22. The Morgan fingerprint density at radius 2 is 2.00 bits per heavy atom. The van der Waals surface area contributed by atoms with E-state index in [4.69, 9.17) is 4.98 Å². The summed E-state index contributed by atoms with van der Waals surface area (Å²) in [7, 11) is 0. The second-order valence-electron chi connectivity index (χ2n) is 8.28. The molecular formula is C22H33N5OS. The highest BCUT2D eigenvalue weighted by molar-refractivity contribution is 7.99. The van der Waals surface area contributed by atoms with Crippen molar-refractivity contribution >= 4 is 28.8 Å². The summed E-state index contributed by atoms with van der Waals surface area (Å²) >= 11 is 1.66. The maximum Gasteiger partial charge on any atom is 0.230 e. The maximum atomic E-state index is 12.2. The number of carbonyl (C=O) groups excluding carboxylic acids is 1. The summed E-state index contributed by atoms with van der Waals surface area (Å²) in [6, 6.07) is 4.49. The Balaban J connectivity index is 1.27. The first-order valence-corrected chi connectivity index (χ1v) is 12.4. The van der Waals surface area contributed by atoms with Crippen LogP contribution < -0.4 is 5.32 Å². The monoisotopic (exact) mass is 415 g/mol. The van der Waals surface area contributed by atoms with E-state index in [1.54, 1.807) is 11.8 Å². The summed E-state index contributed by atoms with van der Waals surface area (Å²) in [6.07, 6.45) is 11.9. The number of pyridine rings is 1. The van der Waals surface area contributed by atoms with Gasteiger partial charge in [-0.3, -0.25) is 4.79 Å². The average molecular weight is 416 g/mol. The lowest BCUT2D eigenvalue weighted by Crippen LogP contribution is -2.29. The van der Waals surface area contributed by atoms with Crippen molar-refractivity contribution in [1.82, 2.24) is 24.8 Å². The smallest absolute Gasteiger partial charge is 0.230 e. The Bertz CT molecular complexity index is 796. The molecule has 2 aromatic heterocycles. The Kier molecular flexibility index (Phi) is 7.44. The molecule has 1 saturated carbocycles. The summed E-state index contributed by atoms with van der Waals surface area (Å²) in [5, 5.41) is 3.07. The molecule has 0 spiro atoms. The van der Waals surface area contributed by atoms with Gasteiger partial charge in [-0.2, -0.15) is 0 Å². The highest BCUT2D eigenvalue weighted by Crippen LogP contribution is 2.32. The van der Waals surface area contributed by atoms with Crippen molar-refractivity contribution in [3.63, 3.8) is 0 Å². The van der Waals surface area contributed by atoms with Crippen molar-refractivity contribution in [3.05, 3.63) is 24.2 Å². The van der Waals surface area contributed by atoms with Gasteiger partial charge in [-0.15, -0.1) is 11.8 Å². The average Bonchev–Trinajstić information content (AvgIpc) is 3.39. The van der Waals surface area contributed by atoms with Crippen LogP contribution in [0.1, 0.15) is 63.2 Å². The van der Waals surface area contributed by atoms with Crippen LogP contribution in [0.2, 0.25) is 0 Å². The fraction of sp³-hybridized carbons (Fsp3) is 0.682. The molecule has 6 nitrogen and oxygen atoms in total. The Labute approximate surface area is 177 Å². The zero-order valence-electron chi connectivity index (χ0n) is 17.3. The van der Waals surface area contributed by atoms with Crippen molar-refractivity contribution in [1.29, 1.82) is 0 Å². The van der Waals surface area contributed by atoms with Crippen molar-refractivity contribution in [2.45, 2.75) is 63.2 Å². The van der Waals surface area contributed by atoms with Gasteiger partial charge in [0.15, 0.2) is 5.65 Å². The number of likely N-dealkylation sites (tertiary alicyclic amines) is 1. The van der Waals surface area contributed by atoms with Crippen molar-refractivity contribution < 1.29 is 4.79 Å². The van der Waals surface area contributed by atoms with E-state index >= 15 is 0 Å². The molecule has 0 bridgehead atoms. The minimum Gasteiger partial charge on any atom is -0.355 e. The number of fused-ring (bicyclic) bond motifs is 1. The first-order valence-electron chi connectivity index (χ1n) is 11.2. The van der Waals surface area contributed by atoms with Crippen LogP contribution in [0.5, 0.6) is 0 Å². The lowest BCUT2D eigenvalue weighted by atomic mass is 9.95. The fourth-order valence-corrected chi connectivity index (χ4v) is 5.40. The Morgan fingerprint density at radius 3 is 2.83 bits per heavy atom. The van der Waals surface area contributed by atoms with E-state index in [0.29, 0.717) is 11.8 Å². The Hall–Kier alpha value is -1.60. The van der Waals surface area contributed by atoms with Gasteiger partial charge in [0.05, 0.1) is 11.5 Å². The van der Waals surface area contributed by atoms with Crippen LogP contribution in [0.3, 0.4) is 0 Å². The van der Waals surface area contributed by atoms with Gasteiger partial charge in [0, 0.05) is 18.8 Å².